The maximum atomic E-state index is 12.4. The van der Waals surface area contributed by atoms with Gasteiger partial charge >= 0.3 is 5.97 Å². The fourth-order valence-electron chi connectivity index (χ4n) is 1.63. The molecule has 0 radical (unpaired) electrons. The molecule has 5 nitrogen and oxygen atoms in total. The minimum absolute atomic E-state index is 0.0358. The van der Waals surface area contributed by atoms with E-state index in [2.05, 4.69) is 9.72 Å². The largest absolute Gasteiger partial charge is 0.468 e. The van der Waals surface area contributed by atoms with E-state index < -0.39 is 5.97 Å². The minimum atomic E-state index is -0.420. The van der Waals surface area contributed by atoms with E-state index in [0.29, 0.717) is 17.1 Å². The molecule has 0 aliphatic heterocycles. The second-order valence-electron chi connectivity index (χ2n) is 3.86. The van der Waals surface area contributed by atoms with E-state index >= 15 is 0 Å². The summed E-state index contributed by atoms with van der Waals surface area (Å²) < 4.78 is 4.62. The molecule has 1 rings (SSSR count). The summed E-state index contributed by atoms with van der Waals surface area (Å²) >= 11 is 1.41. The number of nitrogens with zero attached hydrogens (tertiary/aromatic N) is 2. The van der Waals surface area contributed by atoms with Gasteiger partial charge in [0.05, 0.1) is 12.7 Å². The van der Waals surface area contributed by atoms with E-state index in [9.17, 15) is 9.59 Å². The number of hydrogen-bond acceptors (Lipinski definition) is 5. The molecule has 0 unspecified atom stereocenters. The lowest BCUT2D eigenvalue weighted by Gasteiger charge is -2.21. The van der Waals surface area contributed by atoms with Crippen molar-refractivity contribution in [3.8, 4) is 0 Å². The van der Waals surface area contributed by atoms with E-state index in [1.54, 1.807) is 18.3 Å². The Morgan fingerprint density at radius 3 is 2.79 bits per heavy atom. The second-order valence-corrected chi connectivity index (χ2v) is 4.66. The van der Waals surface area contributed by atoms with Crippen LogP contribution in [0.3, 0.4) is 0 Å². The highest BCUT2D eigenvalue weighted by atomic mass is 32.2. The van der Waals surface area contributed by atoms with Gasteiger partial charge in [0, 0.05) is 12.7 Å². The van der Waals surface area contributed by atoms with Crippen molar-refractivity contribution in [3.05, 3.63) is 23.9 Å². The molecule has 0 aliphatic carbocycles. The first-order valence-corrected chi connectivity index (χ1v) is 7.21. The highest BCUT2D eigenvalue weighted by molar-refractivity contribution is 7.98. The molecule has 1 aromatic heterocycles. The maximum Gasteiger partial charge on any atom is 0.325 e. The van der Waals surface area contributed by atoms with Crippen molar-refractivity contribution in [2.24, 2.45) is 0 Å². The molecule has 0 aliphatic rings. The summed E-state index contributed by atoms with van der Waals surface area (Å²) in [5.41, 5.74) is 0.521. The molecule has 19 heavy (non-hydrogen) atoms. The predicted octanol–water partition coefficient (Wildman–Crippen LogP) is 1.83. The van der Waals surface area contributed by atoms with Crippen LogP contribution in [0, 0.1) is 0 Å². The number of aromatic nitrogens is 1. The van der Waals surface area contributed by atoms with Crippen LogP contribution in [0.15, 0.2) is 23.4 Å². The summed E-state index contributed by atoms with van der Waals surface area (Å²) in [6.07, 6.45) is 4.29. The first kappa shape index (κ1) is 15.5. The van der Waals surface area contributed by atoms with E-state index in [-0.39, 0.29) is 12.5 Å². The van der Waals surface area contributed by atoms with Gasteiger partial charge in [0.25, 0.3) is 5.91 Å². The first-order valence-electron chi connectivity index (χ1n) is 5.99. The zero-order valence-electron chi connectivity index (χ0n) is 11.4. The normalized spacial score (nSPS) is 10.1. The Kier molecular flexibility index (Phi) is 6.35. The SMILES string of the molecule is CCCN(CC(=O)OC)C(=O)c1cccnc1SC. The molecular weight excluding hydrogens is 264 g/mol. The zero-order valence-corrected chi connectivity index (χ0v) is 12.2. The summed E-state index contributed by atoms with van der Waals surface area (Å²) in [5.74, 6) is -0.610. The van der Waals surface area contributed by atoms with Crippen LogP contribution < -0.4 is 0 Å². The fourth-order valence-corrected chi connectivity index (χ4v) is 2.17. The molecule has 1 amide bonds. The standard InChI is InChI=1S/C13H18N2O3S/c1-4-8-15(9-11(16)18-2)13(17)10-6-5-7-14-12(10)19-3/h5-7H,4,8-9H2,1-3H3. The van der Waals surface area contributed by atoms with Crippen molar-refractivity contribution < 1.29 is 14.3 Å². The van der Waals surface area contributed by atoms with Crippen molar-refractivity contribution >= 4 is 23.6 Å². The van der Waals surface area contributed by atoms with E-state index in [0.717, 1.165) is 6.42 Å². The van der Waals surface area contributed by atoms with Gasteiger partial charge in [-0.15, -0.1) is 11.8 Å². The lowest BCUT2D eigenvalue weighted by Crippen LogP contribution is -2.37. The summed E-state index contributed by atoms with van der Waals surface area (Å²) in [6.45, 7) is 2.43. The van der Waals surface area contributed by atoms with Gasteiger partial charge < -0.3 is 9.64 Å². The van der Waals surface area contributed by atoms with Gasteiger partial charge in [-0.3, -0.25) is 9.59 Å². The minimum Gasteiger partial charge on any atom is -0.468 e. The van der Waals surface area contributed by atoms with Gasteiger partial charge in [-0.25, -0.2) is 4.98 Å². The number of hydrogen-bond donors (Lipinski definition) is 0. The Bertz CT molecular complexity index is 451. The molecule has 1 heterocycles. The van der Waals surface area contributed by atoms with Crippen molar-refractivity contribution in [1.29, 1.82) is 0 Å². The van der Waals surface area contributed by atoms with Gasteiger partial charge in [-0.05, 0) is 24.8 Å². The Morgan fingerprint density at radius 1 is 1.47 bits per heavy atom. The van der Waals surface area contributed by atoms with Gasteiger partial charge in [-0.2, -0.15) is 0 Å². The van der Waals surface area contributed by atoms with Crippen LogP contribution in [-0.4, -0.2) is 48.2 Å². The molecule has 104 valence electrons. The zero-order chi connectivity index (χ0) is 14.3. The Labute approximate surface area is 117 Å². The van der Waals surface area contributed by atoms with Crippen molar-refractivity contribution in [2.75, 3.05) is 26.5 Å². The number of esters is 1. The second kappa shape index (κ2) is 7.78. The number of thioether (sulfide) groups is 1. The molecule has 0 bridgehead atoms. The number of pyridine rings is 1. The third-order valence-corrected chi connectivity index (χ3v) is 3.24. The highest BCUT2D eigenvalue weighted by Crippen LogP contribution is 2.18. The predicted molar refractivity (Wildman–Crippen MR) is 74.2 cm³/mol. The summed E-state index contributed by atoms with van der Waals surface area (Å²) in [5, 5.41) is 0.665. The Morgan fingerprint density at radius 2 is 2.21 bits per heavy atom. The van der Waals surface area contributed by atoms with Gasteiger partial charge in [0.2, 0.25) is 0 Å². The third kappa shape index (κ3) is 4.24. The molecule has 0 fully saturated rings. The number of methoxy groups -OCH3 is 1. The monoisotopic (exact) mass is 282 g/mol. The van der Waals surface area contributed by atoms with E-state index in [4.69, 9.17) is 0 Å². The van der Waals surface area contributed by atoms with Crippen LogP contribution in [0.5, 0.6) is 0 Å². The van der Waals surface area contributed by atoms with E-state index in [1.165, 1.54) is 23.8 Å². The highest BCUT2D eigenvalue weighted by Gasteiger charge is 2.21. The summed E-state index contributed by atoms with van der Waals surface area (Å²) in [6, 6.07) is 3.44. The van der Waals surface area contributed by atoms with Gasteiger partial charge in [0.15, 0.2) is 0 Å². The molecule has 0 atom stereocenters. The fraction of sp³-hybridized carbons (Fsp3) is 0.462. The molecule has 0 N–H and O–H groups in total. The molecular formula is C13H18N2O3S. The number of amides is 1. The molecule has 0 saturated heterocycles. The Hall–Kier alpha value is -1.56. The smallest absolute Gasteiger partial charge is 0.325 e. The maximum absolute atomic E-state index is 12.4. The summed E-state index contributed by atoms with van der Waals surface area (Å²) in [4.78, 5) is 29.4. The topological polar surface area (TPSA) is 59.5 Å². The van der Waals surface area contributed by atoms with E-state index in [1.807, 2.05) is 13.2 Å². The first-order chi connectivity index (χ1) is 9.13. The lowest BCUT2D eigenvalue weighted by molar-refractivity contribution is -0.141. The van der Waals surface area contributed by atoms with Crippen LogP contribution in [0.4, 0.5) is 0 Å². The number of rotatable bonds is 6. The van der Waals surface area contributed by atoms with Gasteiger partial charge in [0.1, 0.15) is 11.6 Å². The average Bonchev–Trinajstić information content (AvgIpc) is 2.45. The van der Waals surface area contributed by atoms with Crippen molar-refractivity contribution in [2.45, 2.75) is 18.4 Å². The molecule has 0 saturated carbocycles. The number of carbonyl (C=O) groups is 2. The van der Waals surface area contributed by atoms with Crippen LogP contribution >= 0.6 is 11.8 Å². The third-order valence-electron chi connectivity index (χ3n) is 2.52. The average molecular weight is 282 g/mol. The van der Waals surface area contributed by atoms with Gasteiger partial charge in [-0.1, -0.05) is 6.92 Å². The number of ether oxygens (including phenoxy) is 1. The quantitative estimate of drug-likeness (QED) is 0.588. The molecule has 1 aromatic rings. The molecule has 0 aromatic carbocycles. The molecule has 6 heteroatoms. The number of carbonyl (C=O) groups excluding carboxylic acids is 2. The van der Waals surface area contributed by atoms with Crippen molar-refractivity contribution in [1.82, 2.24) is 9.88 Å². The lowest BCUT2D eigenvalue weighted by atomic mass is 10.2. The van der Waals surface area contributed by atoms with Crippen LogP contribution in [0.25, 0.3) is 0 Å². The van der Waals surface area contributed by atoms with Crippen LogP contribution in [0.2, 0.25) is 0 Å². The Balaban J connectivity index is 2.95. The summed E-state index contributed by atoms with van der Waals surface area (Å²) in [7, 11) is 1.31. The van der Waals surface area contributed by atoms with Crippen LogP contribution in [-0.2, 0) is 9.53 Å². The molecule has 0 spiro atoms. The van der Waals surface area contributed by atoms with Crippen LogP contribution in [0.1, 0.15) is 23.7 Å². The van der Waals surface area contributed by atoms with Crippen molar-refractivity contribution in [3.63, 3.8) is 0 Å².